The van der Waals surface area contributed by atoms with Crippen molar-refractivity contribution in [1.29, 1.82) is 0 Å². The van der Waals surface area contributed by atoms with Gasteiger partial charge in [0.25, 0.3) is 0 Å². The summed E-state index contributed by atoms with van der Waals surface area (Å²) in [6.45, 7) is 2.66. The quantitative estimate of drug-likeness (QED) is 0.0514. The lowest BCUT2D eigenvalue weighted by Crippen LogP contribution is -2.19. The minimum absolute atomic E-state index is 0.0695. The Morgan fingerprint density at radius 1 is 0.783 bits per heavy atom. The first-order valence-electron chi connectivity index (χ1n) is 16.4. The molecule has 0 saturated heterocycles. The van der Waals surface area contributed by atoms with Crippen LogP contribution in [0.2, 0.25) is 0 Å². The molecule has 0 unspecified atom stereocenters. The van der Waals surface area contributed by atoms with Crippen molar-refractivity contribution in [2.75, 3.05) is 6.61 Å². The molecule has 0 spiro atoms. The maximum atomic E-state index is 12.5. The number of phenolic OH excluding ortho intramolecular Hbond substituents is 2. The van der Waals surface area contributed by atoms with E-state index in [-0.39, 0.29) is 17.3 Å². The summed E-state index contributed by atoms with van der Waals surface area (Å²) in [5.74, 6) is 1.48. The number of phenols is 2. The van der Waals surface area contributed by atoms with E-state index in [4.69, 9.17) is 16.2 Å². The second-order valence-corrected chi connectivity index (χ2v) is 12.2. The summed E-state index contributed by atoms with van der Waals surface area (Å²) < 4.78 is 5.93. The number of allylic oxidation sites excluding steroid dienone is 2. The van der Waals surface area contributed by atoms with E-state index >= 15 is 0 Å². The van der Waals surface area contributed by atoms with Crippen LogP contribution in [-0.2, 0) is 30.5 Å². The van der Waals surface area contributed by atoms with Crippen LogP contribution in [0.4, 0.5) is 0 Å². The minimum atomic E-state index is -0.513. The zero-order valence-electron chi connectivity index (χ0n) is 26.9. The average molecular weight is 621 g/mol. The van der Waals surface area contributed by atoms with Crippen molar-refractivity contribution < 1.29 is 19.7 Å². The second-order valence-electron chi connectivity index (χ2n) is 12.2. The topological polar surface area (TPSA) is 119 Å². The molecule has 0 radical (unpaired) electrons. The number of aryl methyl sites for hydroxylation is 2. The van der Waals surface area contributed by atoms with Gasteiger partial charge < -0.3 is 26.4 Å². The van der Waals surface area contributed by atoms with Crippen LogP contribution >= 0.6 is 0 Å². The van der Waals surface area contributed by atoms with Crippen molar-refractivity contribution in [3.8, 4) is 17.2 Å². The summed E-state index contributed by atoms with van der Waals surface area (Å²) in [5, 5.41) is 20.8. The van der Waals surface area contributed by atoms with E-state index in [1.165, 1.54) is 12.0 Å². The SMILES string of the molecule is C[C@H](CCC/C=C/C(=O)CCc1ccc(O)c(OCCc2ccc(O)c(Cc3ccc(C(N)N)cc3)c2)c1)CCc1ccccc1. The first kappa shape index (κ1) is 34.5. The number of benzene rings is 4. The highest BCUT2D eigenvalue weighted by Crippen LogP contribution is 2.28. The number of aromatic hydroxyl groups is 2. The number of carbonyl (C=O) groups excluding carboxylic acids is 1. The number of ketones is 1. The van der Waals surface area contributed by atoms with Gasteiger partial charge in [-0.05, 0) is 95.7 Å². The van der Waals surface area contributed by atoms with E-state index < -0.39 is 6.17 Å². The lowest BCUT2D eigenvalue weighted by Gasteiger charge is -2.12. The Morgan fingerprint density at radius 3 is 2.22 bits per heavy atom. The van der Waals surface area contributed by atoms with Crippen LogP contribution in [-0.4, -0.2) is 22.6 Å². The normalized spacial score (nSPS) is 12.1. The number of hydrogen-bond donors (Lipinski definition) is 4. The van der Waals surface area contributed by atoms with Crippen molar-refractivity contribution >= 4 is 5.78 Å². The molecule has 46 heavy (non-hydrogen) atoms. The van der Waals surface area contributed by atoms with Gasteiger partial charge in [-0.15, -0.1) is 0 Å². The predicted molar refractivity (Wildman–Crippen MR) is 186 cm³/mol. The fraction of sp³-hybridized carbons (Fsp3) is 0.325. The number of nitrogens with two attached hydrogens (primary N) is 2. The molecule has 242 valence electrons. The lowest BCUT2D eigenvalue weighted by molar-refractivity contribution is -0.114. The molecule has 4 rings (SSSR count). The Hall–Kier alpha value is -4.39. The fourth-order valence-corrected chi connectivity index (χ4v) is 5.47. The van der Waals surface area contributed by atoms with Crippen LogP contribution < -0.4 is 16.2 Å². The van der Waals surface area contributed by atoms with Gasteiger partial charge in [-0.25, -0.2) is 0 Å². The average Bonchev–Trinajstić information content (AvgIpc) is 3.06. The first-order chi connectivity index (χ1) is 22.3. The smallest absolute Gasteiger partial charge is 0.161 e. The largest absolute Gasteiger partial charge is 0.508 e. The number of ether oxygens (including phenoxy) is 1. The maximum Gasteiger partial charge on any atom is 0.161 e. The second kappa shape index (κ2) is 17.9. The van der Waals surface area contributed by atoms with Gasteiger partial charge in [0.05, 0.1) is 12.8 Å². The lowest BCUT2D eigenvalue weighted by atomic mass is 9.96. The van der Waals surface area contributed by atoms with Crippen molar-refractivity contribution in [3.05, 3.63) is 137 Å². The molecule has 4 aromatic rings. The van der Waals surface area contributed by atoms with Crippen LogP contribution in [0, 0.1) is 5.92 Å². The van der Waals surface area contributed by atoms with Gasteiger partial charge >= 0.3 is 0 Å². The summed E-state index contributed by atoms with van der Waals surface area (Å²) >= 11 is 0. The molecule has 6 nitrogen and oxygen atoms in total. The highest BCUT2D eigenvalue weighted by Gasteiger charge is 2.09. The molecule has 0 fully saturated rings. The van der Waals surface area contributed by atoms with Gasteiger partial charge in [0.1, 0.15) is 5.75 Å². The minimum Gasteiger partial charge on any atom is -0.508 e. The standard InChI is InChI=1S/C40H48N2O4/c1-29(12-13-30-9-5-3-6-10-30)8-4-2-7-11-36(43)21-16-32-18-23-38(45)39(28-32)46-25-24-33-17-22-37(44)35(27-33)26-31-14-19-34(20-15-31)40(41)42/h3,5-7,9-11,14-15,17-20,22-23,27-29,40,44-45H,2,4,8,12-13,16,21,24-26,41-42H2,1H3/b11-7+/t29-/m1/s1. The summed E-state index contributed by atoms with van der Waals surface area (Å²) in [5.41, 5.74) is 17.5. The maximum absolute atomic E-state index is 12.5. The van der Waals surface area contributed by atoms with E-state index in [1.54, 1.807) is 18.2 Å². The fourth-order valence-electron chi connectivity index (χ4n) is 5.47. The van der Waals surface area contributed by atoms with Crippen molar-refractivity contribution in [2.24, 2.45) is 17.4 Å². The monoisotopic (exact) mass is 620 g/mol. The highest BCUT2D eigenvalue weighted by molar-refractivity contribution is 5.89. The van der Waals surface area contributed by atoms with E-state index in [1.807, 2.05) is 54.6 Å². The molecule has 0 heterocycles. The molecule has 0 saturated carbocycles. The molecule has 0 bridgehead atoms. The molecular weight excluding hydrogens is 572 g/mol. The van der Waals surface area contributed by atoms with Crippen molar-refractivity contribution in [1.82, 2.24) is 0 Å². The van der Waals surface area contributed by atoms with Gasteiger partial charge in [0, 0.05) is 19.3 Å². The molecule has 0 aromatic heterocycles. The van der Waals surface area contributed by atoms with Gasteiger partial charge in [0.2, 0.25) is 0 Å². The summed E-state index contributed by atoms with van der Waals surface area (Å²) in [7, 11) is 0. The molecule has 4 aromatic carbocycles. The zero-order valence-corrected chi connectivity index (χ0v) is 26.9. The van der Waals surface area contributed by atoms with E-state index in [0.29, 0.717) is 44.0 Å². The molecule has 0 amide bonds. The molecule has 1 atom stereocenters. The van der Waals surface area contributed by atoms with Crippen molar-refractivity contribution in [3.63, 3.8) is 0 Å². The third-order valence-electron chi connectivity index (χ3n) is 8.38. The number of carbonyl (C=O) groups is 1. The van der Waals surface area contributed by atoms with Gasteiger partial charge in [0.15, 0.2) is 17.3 Å². The van der Waals surface area contributed by atoms with Gasteiger partial charge in [-0.3, -0.25) is 4.79 Å². The third kappa shape index (κ3) is 11.5. The first-order valence-corrected chi connectivity index (χ1v) is 16.4. The Labute approximate surface area is 273 Å². The van der Waals surface area contributed by atoms with Crippen LogP contribution in [0.15, 0.2) is 103 Å². The Kier molecular flexibility index (Phi) is 13.4. The van der Waals surface area contributed by atoms with E-state index in [9.17, 15) is 15.0 Å². The van der Waals surface area contributed by atoms with E-state index in [2.05, 4.69) is 37.3 Å². The molecule has 0 aliphatic heterocycles. The van der Waals surface area contributed by atoms with Crippen LogP contribution in [0.5, 0.6) is 17.2 Å². The molecule has 0 aliphatic carbocycles. The van der Waals surface area contributed by atoms with Gasteiger partial charge in [-0.1, -0.05) is 92.2 Å². The molecule has 0 aliphatic rings. The number of unbranched alkanes of at least 4 members (excludes halogenated alkanes) is 1. The van der Waals surface area contributed by atoms with Crippen LogP contribution in [0.25, 0.3) is 0 Å². The molecule has 6 N–H and O–H groups in total. The molecule has 6 heteroatoms. The summed E-state index contributed by atoms with van der Waals surface area (Å²) in [4.78, 5) is 12.5. The van der Waals surface area contributed by atoms with E-state index in [0.717, 1.165) is 53.5 Å². The summed E-state index contributed by atoms with van der Waals surface area (Å²) in [6.07, 6.45) is 10.8. The van der Waals surface area contributed by atoms with Crippen molar-refractivity contribution in [2.45, 2.75) is 70.9 Å². The number of rotatable bonds is 18. The predicted octanol–water partition coefficient (Wildman–Crippen LogP) is 7.72. The Balaban J connectivity index is 1.17. The van der Waals surface area contributed by atoms with Crippen LogP contribution in [0.1, 0.15) is 78.6 Å². The number of hydrogen-bond acceptors (Lipinski definition) is 6. The van der Waals surface area contributed by atoms with Crippen LogP contribution in [0.3, 0.4) is 0 Å². The Morgan fingerprint density at radius 2 is 1.48 bits per heavy atom. The Bertz CT molecular complexity index is 1550. The van der Waals surface area contributed by atoms with Gasteiger partial charge in [-0.2, -0.15) is 0 Å². The molecular formula is C40H48N2O4. The third-order valence-corrected chi connectivity index (χ3v) is 8.38. The summed E-state index contributed by atoms with van der Waals surface area (Å²) in [6, 6.07) is 29.2. The highest BCUT2D eigenvalue weighted by atomic mass is 16.5. The zero-order chi connectivity index (χ0) is 32.7.